The van der Waals surface area contributed by atoms with E-state index in [1.807, 2.05) is 43.3 Å². The number of carboxylic acids is 1. The van der Waals surface area contributed by atoms with Crippen LogP contribution in [-0.2, 0) is 11.4 Å². The van der Waals surface area contributed by atoms with Crippen molar-refractivity contribution in [2.45, 2.75) is 24.9 Å². The molecule has 4 rings (SSSR count). The van der Waals surface area contributed by atoms with Crippen molar-refractivity contribution in [1.29, 1.82) is 0 Å². The second-order valence-electron chi connectivity index (χ2n) is 6.84. The predicted octanol–water partition coefficient (Wildman–Crippen LogP) is 4.61. The molecule has 1 aliphatic heterocycles. The molecule has 1 fully saturated rings. The molecule has 3 aromatic carbocycles. The summed E-state index contributed by atoms with van der Waals surface area (Å²) in [6.07, 6.45) is 0. The van der Waals surface area contributed by atoms with Crippen LogP contribution in [0.5, 0.6) is 11.5 Å². The molecule has 29 heavy (non-hydrogen) atoms. The van der Waals surface area contributed by atoms with Crippen molar-refractivity contribution in [2.24, 2.45) is 0 Å². The minimum absolute atomic E-state index is 0.0672. The summed E-state index contributed by atoms with van der Waals surface area (Å²) in [4.78, 5) is 11.2. The number of carboxylic acid groups (broad SMARTS) is 1. The molecular weight excluding hydrogens is 386 g/mol. The first-order chi connectivity index (χ1) is 14.2. The number of rotatable bonds is 7. The van der Waals surface area contributed by atoms with E-state index in [0.717, 1.165) is 11.1 Å². The van der Waals surface area contributed by atoms with Crippen LogP contribution >= 0.6 is 11.8 Å². The van der Waals surface area contributed by atoms with Gasteiger partial charge in [0.15, 0.2) is 11.5 Å². The molecule has 2 N–H and O–H groups in total. The van der Waals surface area contributed by atoms with Crippen molar-refractivity contribution >= 4 is 28.5 Å². The van der Waals surface area contributed by atoms with Crippen molar-refractivity contribution in [3.63, 3.8) is 0 Å². The fourth-order valence-corrected chi connectivity index (χ4v) is 4.68. The Bertz CT molecular complexity index is 1020. The van der Waals surface area contributed by atoms with Gasteiger partial charge in [-0.2, -0.15) is 0 Å². The van der Waals surface area contributed by atoms with Crippen LogP contribution < -0.4 is 14.8 Å². The first-order valence-corrected chi connectivity index (χ1v) is 10.7. The first-order valence-electron chi connectivity index (χ1n) is 9.62. The van der Waals surface area contributed by atoms with Gasteiger partial charge in [-0.1, -0.05) is 48.5 Å². The summed E-state index contributed by atoms with van der Waals surface area (Å²) in [6, 6.07) is 19.7. The molecule has 150 valence electrons. The van der Waals surface area contributed by atoms with E-state index in [0.29, 0.717) is 30.5 Å². The SMILES string of the molecule is CCOc1cc(C2NC(C(=O)O)CS2)ccc1OCc1cccc2ccccc12. The Morgan fingerprint density at radius 2 is 1.93 bits per heavy atom. The molecule has 1 heterocycles. The number of carbonyl (C=O) groups is 1. The van der Waals surface area contributed by atoms with E-state index in [2.05, 4.69) is 29.6 Å². The summed E-state index contributed by atoms with van der Waals surface area (Å²) in [5.74, 6) is 1.08. The highest BCUT2D eigenvalue weighted by atomic mass is 32.2. The van der Waals surface area contributed by atoms with Crippen LogP contribution in [0, 0.1) is 0 Å². The standard InChI is InChI=1S/C23H23NO4S/c1-2-27-21-12-16(22-24-19(14-29-22)23(25)26)10-11-20(21)28-13-17-8-5-7-15-6-3-4-9-18(15)17/h3-12,19,22,24H,2,13-14H2,1H3,(H,25,26). The van der Waals surface area contributed by atoms with Crippen molar-refractivity contribution in [3.8, 4) is 11.5 Å². The van der Waals surface area contributed by atoms with Gasteiger partial charge >= 0.3 is 5.97 Å². The Kier molecular flexibility index (Phi) is 5.92. The lowest BCUT2D eigenvalue weighted by Gasteiger charge is -2.17. The van der Waals surface area contributed by atoms with Gasteiger partial charge in [-0.15, -0.1) is 11.8 Å². The normalized spacial score (nSPS) is 18.7. The third kappa shape index (κ3) is 4.33. The smallest absolute Gasteiger partial charge is 0.321 e. The van der Waals surface area contributed by atoms with E-state index in [9.17, 15) is 9.90 Å². The topological polar surface area (TPSA) is 67.8 Å². The van der Waals surface area contributed by atoms with Gasteiger partial charge in [0.2, 0.25) is 0 Å². The van der Waals surface area contributed by atoms with Crippen molar-refractivity contribution < 1.29 is 19.4 Å². The van der Waals surface area contributed by atoms with E-state index in [4.69, 9.17) is 9.47 Å². The van der Waals surface area contributed by atoms with E-state index < -0.39 is 12.0 Å². The summed E-state index contributed by atoms with van der Waals surface area (Å²) in [6.45, 7) is 2.90. The molecule has 0 amide bonds. The fourth-order valence-electron chi connectivity index (χ4n) is 3.46. The second-order valence-corrected chi connectivity index (χ2v) is 7.98. The minimum Gasteiger partial charge on any atom is -0.490 e. The maximum Gasteiger partial charge on any atom is 0.321 e. The Morgan fingerprint density at radius 3 is 2.72 bits per heavy atom. The number of hydrogen-bond donors (Lipinski definition) is 2. The lowest BCUT2D eigenvalue weighted by molar-refractivity contribution is -0.138. The second kappa shape index (κ2) is 8.76. The van der Waals surface area contributed by atoms with E-state index in [1.165, 1.54) is 10.8 Å². The summed E-state index contributed by atoms with van der Waals surface area (Å²) < 4.78 is 11.9. The van der Waals surface area contributed by atoms with Gasteiger partial charge in [0, 0.05) is 5.75 Å². The molecule has 0 saturated carbocycles. The van der Waals surface area contributed by atoms with Gasteiger partial charge in [-0.25, -0.2) is 0 Å². The van der Waals surface area contributed by atoms with E-state index in [-0.39, 0.29) is 5.37 Å². The fraction of sp³-hybridized carbons (Fsp3) is 0.261. The maximum absolute atomic E-state index is 11.2. The van der Waals surface area contributed by atoms with Crippen LogP contribution in [0.2, 0.25) is 0 Å². The molecule has 6 heteroatoms. The van der Waals surface area contributed by atoms with Gasteiger partial charge < -0.3 is 14.6 Å². The van der Waals surface area contributed by atoms with Crippen LogP contribution in [0.25, 0.3) is 10.8 Å². The number of aliphatic carboxylic acids is 1. The van der Waals surface area contributed by atoms with Crippen molar-refractivity contribution in [1.82, 2.24) is 5.32 Å². The minimum atomic E-state index is -0.819. The van der Waals surface area contributed by atoms with Crippen molar-refractivity contribution in [3.05, 3.63) is 71.8 Å². The molecule has 2 atom stereocenters. The predicted molar refractivity (Wildman–Crippen MR) is 116 cm³/mol. The number of benzene rings is 3. The van der Waals surface area contributed by atoms with Crippen LogP contribution in [0.4, 0.5) is 0 Å². The molecule has 1 aliphatic rings. The molecule has 3 aromatic rings. The first kappa shape index (κ1) is 19.6. The van der Waals surface area contributed by atoms with Crippen LogP contribution in [0.1, 0.15) is 23.4 Å². The summed E-state index contributed by atoms with van der Waals surface area (Å²) in [5.41, 5.74) is 2.10. The third-order valence-electron chi connectivity index (χ3n) is 4.91. The van der Waals surface area contributed by atoms with Gasteiger partial charge in [0.1, 0.15) is 12.6 Å². The van der Waals surface area contributed by atoms with Crippen LogP contribution in [0.15, 0.2) is 60.7 Å². The number of fused-ring (bicyclic) bond motifs is 1. The average Bonchev–Trinajstić information content (AvgIpc) is 3.24. The van der Waals surface area contributed by atoms with Gasteiger partial charge in [0.25, 0.3) is 0 Å². The monoisotopic (exact) mass is 409 g/mol. The highest BCUT2D eigenvalue weighted by molar-refractivity contribution is 7.99. The molecule has 0 spiro atoms. The largest absolute Gasteiger partial charge is 0.490 e. The highest BCUT2D eigenvalue weighted by Gasteiger charge is 2.30. The van der Waals surface area contributed by atoms with Crippen molar-refractivity contribution in [2.75, 3.05) is 12.4 Å². The lowest BCUT2D eigenvalue weighted by atomic mass is 10.1. The Balaban J connectivity index is 1.53. The van der Waals surface area contributed by atoms with Gasteiger partial charge in [0.05, 0.1) is 12.0 Å². The zero-order valence-electron chi connectivity index (χ0n) is 16.1. The maximum atomic E-state index is 11.2. The summed E-state index contributed by atoms with van der Waals surface area (Å²) in [5, 5.41) is 14.6. The Hall–Kier alpha value is -2.70. The lowest BCUT2D eigenvalue weighted by Crippen LogP contribution is -2.33. The number of thioether (sulfide) groups is 1. The molecule has 0 bridgehead atoms. The molecule has 0 aromatic heterocycles. The Labute approximate surface area is 174 Å². The quantitative estimate of drug-likeness (QED) is 0.594. The Morgan fingerprint density at radius 1 is 1.10 bits per heavy atom. The zero-order valence-corrected chi connectivity index (χ0v) is 16.9. The third-order valence-corrected chi connectivity index (χ3v) is 6.18. The van der Waals surface area contributed by atoms with Gasteiger partial charge in [-0.3, -0.25) is 10.1 Å². The van der Waals surface area contributed by atoms with Gasteiger partial charge in [-0.05, 0) is 41.0 Å². The summed E-state index contributed by atoms with van der Waals surface area (Å²) in [7, 11) is 0. The number of ether oxygens (including phenoxy) is 2. The molecule has 5 nitrogen and oxygen atoms in total. The molecule has 1 saturated heterocycles. The van der Waals surface area contributed by atoms with E-state index >= 15 is 0 Å². The summed E-state index contributed by atoms with van der Waals surface area (Å²) >= 11 is 1.59. The highest BCUT2D eigenvalue weighted by Crippen LogP contribution is 2.38. The number of nitrogens with one attached hydrogen (secondary N) is 1. The van der Waals surface area contributed by atoms with E-state index in [1.54, 1.807) is 11.8 Å². The molecule has 2 unspecified atom stereocenters. The van der Waals surface area contributed by atoms with Crippen LogP contribution in [-0.4, -0.2) is 29.5 Å². The zero-order chi connectivity index (χ0) is 20.2. The van der Waals surface area contributed by atoms with Crippen LogP contribution in [0.3, 0.4) is 0 Å². The molecule has 0 aliphatic carbocycles. The molecule has 0 radical (unpaired) electrons. The average molecular weight is 410 g/mol. The number of hydrogen-bond acceptors (Lipinski definition) is 5. The molecular formula is C23H23NO4S.